The molecule has 0 N–H and O–H groups in total. The van der Waals surface area contributed by atoms with E-state index in [9.17, 15) is 0 Å². The number of rotatable bonds is 15. The highest BCUT2D eigenvalue weighted by Gasteiger charge is 1.96. The third-order valence-corrected chi connectivity index (χ3v) is 3.83. The second-order valence-corrected chi connectivity index (χ2v) is 5.94. The summed E-state index contributed by atoms with van der Waals surface area (Å²) in [6, 6.07) is 0. The summed E-state index contributed by atoms with van der Waals surface area (Å²) < 4.78 is 0. The Kier molecular flexibility index (Phi) is 15.5. The van der Waals surface area contributed by atoms with Crippen LogP contribution in [0.5, 0.6) is 0 Å². The molecule has 0 aliphatic heterocycles. The van der Waals surface area contributed by atoms with Crippen molar-refractivity contribution in [2.24, 2.45) is 0 Å². The van der Waals surface area contributed by atoms with Gasteiger partial charge in [0.15, 0.2) is 0 Å². The van der Waals surface area contributed by atoms with E-state index in [0.29, 0.717) is 0 Å². The molecule has 0 aliphatic rings. The summed E-state index contributed by atoms with van der Waals surface area (Å²) in [5, 5.41) is 0. The van der Waals surface area contributed by atoms with Crippen LogP contribution in [0.3, 0.4) is 0 Å². The molecule has 0 spiro atoms. The van der Waals surface area contributed by atoms with E-state index in [2.05, 4.69) is 25.5 Å². The second kappa shape index (κ2) is 15.8. The van der Waals surface area contributed by atoms with E-state index < -0.39 is 0 Å². The molecule has 0 aromatic carbocycles. The molecule has 0 atom stereocenters. The van der Waals surface area contributed by atoms with Gasteiger partial charge in [-0.1, -0.05) is 83.6 Å². The molecule has 0 aromatic rings. The van der Waals surface area contributed by atoms with Crippen LogP contribution in [0.25, 0.3) is 0 Å². The van der Waals surface area contributed by atoms with Gasteiger partial charge in [0.2, 0.25) is 0 Å². The smallest absolute Gasteiger partial charge is 0.0157 e. The van der Waals surface area contributed by atoms with E-state index in [4.69, 9.17) is 0 Å². The van der Waals surface area contributed by atoms with Crippen molar-refractivity contribution in [2.45, 2.75) is 84.0 Å². The molecule has 19 heavy (non-hydrogen) atoms. The molecule has 0 aliphatic carbocycles. The zero-order valence-corrected chi connectivity index (χ0v) is 13.6. The third-order valence-electron chi connectivity index (χ3n) is 3.83. The van der Waals surface area contributed by atoms with Gasteiger partial charge >= 0.3 is 0 Å². The van der Waals surface area contributed by atoms with Crippen molar-refractivity contribution < 1.29 is 0 Å². The first-order valence-corrected chi connectivity index (χ1v) is 8.60. The summed E-state index contributed by atoms with van der Waals surface area (Å²) in [5.41, 5.74) is 0. The van der Waals surface area contributed by atoms with Crippen LogP contribution in [-0.2, 0) is 0 Å². The van der Waals surface area contributed by atoms with Crippen LogP contribution in [0, 0.1) is 0 Å². The van der Waals surface area contributed by atoms with Crippen LogP contribution in [0.2, 0.25) is 0 Å². The van der Waals surface area contributed by atoms with Crippen molar-refractivity contribution in [1.29, 1.82) is 0 Å². The summed E-state index contributed by atoms with van der Waals surface area (Å²) in [5.74, 6) is 0. The molecule has 0 bridgehead atoms. The van der Waals surface area contributed by atoms with Gasteiger partial charge < -0.3 is 4.90 Å². The minimum atomic E-state index is 1.03. The first-order chi connectivity index (χ1) is 9.31. The van der Waals surface area contributed by atoms with Gasteiger partial charge in [-0.05, 0) is 20.0 Å². The highest BCUT2D eigenvalue weighted by molar-refractivity contribution is 4.70. The number of likely N-dealkylation sites (N-methyl/N-ethyl adjacent to an activating group) is 1. The highest BCUT2D eigenvalue weighted by Crippen LogP contribution is 2.11. The van der Waals surface area contributed by atoms with E-state index in [0.717, 1.165) is 6.54 Å². The summed E-state index contributed by atoms with van der Waals surface area (Å²) in [4.78, 5) is 2.35. The zero-order chi connectivity index (χ0) is 14.2. The maximum atomic E-state index is 3.77. The van der Waals surface area contributed by atoms with E-state index in [1.54, 1.807) is 0 Å². The van der Waals surface area contributed by atoms with Crippen molar-refractivity contribution in [1.82, 2.24) is 4.90 Å². The Hall–Kier alpha value is -0.300. The Morgan fingerprint density at radius 3 is 1.58 bits per heavy atom. The van der Waals surface area contributed by atoms with Gasteiger partial charge in [-0.15, -0.1) is 6.58 Å². The Labute approximate surface area is 122 Å². The Morgan fingerprint density at radius 1 is 0.737 bits per heavy atom. The molecule has 0 saturated heterocycles. The van der Waals surface area contributed by atoms with E-state index in [1.807, 2.05) is 6.08 Å². The SMILES string of the molecule is C=CCN(C)CCCCCCCCCCCCCC. The van der Waals surface area contributed by atoms with Crippen LogP contribution in [0.15, 0.2) is 12.7 Å². The molecule has 0 aromatic heterocycles. The van der Waals surface area contributed by atoms with Crippen LogP contribution in [0.4, 0.5) is 0 Å². The fraction of sp³-hybridized carbons (Fsp3) is 0.889. The van der Waals surface area contributed by atoms with Crippen molar-refractivity contribution in [3.8, 4) is 0 Å². The van der Waals surface area contributed by atoms with Gasteiger partial charge in [-0.3, -0.25) is 0 Å². The Morgan fingerprint density at radius 2 is 1.16 bits per heavy atom. The largest absolute Gasteiger partial charge is 0.303 e. The lowest BCUT2D eigenvalue weighted by molar-refractivity contribution is 0.356. The predicted molar refractivity (Wildman–Crippen MR) is 88.8 cm³/mol. The Balaban J connectivity index is 3.00. The van der Waals surface area contributed by atoms with Gasteiger partial charge in [0.25, 0.3) is 0 Å². The van der Waals surface area contributed by atoms with Gasteiger partial charge in [0, 0.05) is 6.54 Å². The number of hydrogen-bond acceptors (Lipinski definition) is 1. The van der Waals surface area contributed by atoms with Crippen molar-refractivity contribution in [2.75, 3.05) is 20.1 Å². The second-order valence-electron chi connectivity index (χ2n) is 5.94. The topological polar surface area (TPSA) is 3.24 Å². The van der Waals surface area contributed by atoms with E-state index >= 15 is 0 Å². The first kappa shape index (κ1) is 18.7. The van der Waals surface area contributed by atoms with Crippen LogP contribution in [-0.4, -0.2) is 25.0 Å². The number of nitrogens with zero attached hydrogens (tertiary/aromatic N) is 1. The minimum absolute atomic E-state index is 1.03. The molecule has 0 amide bonds. The van der Waals surface area contributed by atoms with Crippen LogP contribution >= 0.6 is 0 Å². The first-order valence-electron chi connectivity index (χ1n) is 8.60. The van der Waals surface area contributed by atoms with E-state index in [-0.39, 0.29) is 0 Å². The number of unbranched alkanes of at least 4 members (excludes halogenated alkanes) is 11. The van der Waals surface area contributed by atoms with E-state index in [1.165, 1.54) is 83.6 Å². The maximum Gasteiger partial charge on any atom is 0.0157 e. The maximum absolute atomic E-state index is 3.77. The lowest BCUT2D eigenvalue weighted by atomic mass is 10.1. The van der Waals surface area contributed by atoms with Crippen molar-refractivity contribution >= 4 is 0 Å². The summed E-state index contributed by atoms with van der Waals surface area (Å²) in [7, 11) is 2.18. The molecule has 1 nitrogen and oxygen atoms in total. The molecular weight excluding hydrogens is 230 g/mol. The highest BCUT2D eigenvalue weighted by atomic mass is 15.1. The zero-order valence-electron chi connectivity index (χ0n) is 13.6. The molecule has 0 radical (unpaired) electrons. The monoisotopic (exact) mass is 267 g/mol. The molecule has 0 saturated carbocycles. The predicted octanol–water partition coefficient (Wildman–Crippen LogP) is 5.81. The van der Waals surface area contributed by atoms with Crippen molar-refractivity contribution in [3.05, 3.63) is 12.7 Å². The normalized spacial score (nSPS) is 11.1. The average molecular weight is 268 g/mol. The fourth-order valence-corrected chi connectivity index (χ4v) is 2.53. The molecule has 114 valence electrons. The van der Waals surface area contributed by atoms with Gasteiger partial charge in [-0.2, -0.15) is 0 Å². The molecule has 0 heterocycles. The molecular formula is C18H37N. The summed E-state index contributed by atoms with van der Waals surface area (Å²) in [6.07, 6.45) is 19.2. The van der Waals surface area contributed by atoms with Gasteiger partial charge in [0.05, 0.1) is 0 Å². The van der Waals surface area contributed by atoms with Crippen LogP contribution in [0.1, 0.15) is 84.0 Å². The quantitative estimate of drug-likeness (QED) is 0.267. The fourth-order valence-electron chi connectivity index (χ4n) is 2.53. The Bertz CT molecular complexity index is 177. The molecule has 0 rings (SSSR count). The standard InChI is InChI=1S/C18H37N/c1-4-6-7-8-9-10-11-12-13-14-15-16-18-19(3)17-5-2/h5H,2,4,6-18H2,1,3H3. The van der Waals surface area contributed by atoms with Gasteiger partial charge in [-0.25, -0.2) is 0 Å². The molecule has 0 fully saturated rings. The number of hydrogen-bond donors (Lipinski definition) is 0. The third kappa shape index (κ3) is 15.6. The van der Waals surface area contributed by atoms with Crippen molar-refractivity contribution in [3.63, 3.8) is 0 Å². The average Bonchev–Trinajstić information content (AvgIpc) is 2.40. The minimum Gasteiger partial charge on any atom is -0.303 e. The molecule has 0 unspecified atom stereocenters. The van der Waals surface area contributed by atoms with Crippen LogP contribution < -0.4 is 0 Å². The lowest BCUT2D eigenvalue weighted by Crippen LogP contribution is -2.19. The lowest BCUT2D eigenvalue weighted by Gasteiger charge is -2.13. The summed E-state index contributed by atoms with van der Waals surface area (Å²) >= 11 is 0. The summed E-state index contributed by atoms with van der Waals surface area (Å²) in [6.45, 7) is 8.31. The molecule has 1 heteroatoms. The van der Waals surface area contributed by atoms with Gasteiger partial charge in [0.1, 0.15) is 0 Å².